The number of hydroxylamine groups is 1. The summed E-state index contributed by atoms with van der Waals surface area (Å²) in [6, 6.07) is 14.8. The van der Waals surface area contributed by atoms with Crippen LogP contribution in [0.2, 0.25) is 0 Å². The maximum Gasteiger partial charge on any atom is 0.317 e. The quantitative estimate of drug-likeness (QED) is 0.411. The van der Waals surface area contributed by atoms with Crippen molar-refractivity contribution in [3.8, 4) is 11.5 Å². The van der Waals surface area contributed by atoms with Crippen LogP contribution in [0, 0.1) is 5.92 Å². The summed E-state index contributed by atoms with van der Waals surface area (Å²) in [5, 5.41) is 8.91. The van der Waals surface area contributed by atoms with Crippen LogP contribution in [0.1, 0.15) is 17.5 Å². The summed E-state index contributed by atoms with van der Waals surface area (Å²) in [5.41, 5.74) is 2.25. The minimum Gasteiger partial charge on any atom is -0.497 e. The fourth-order valence-electron chi connectivity index (χ4n) is 3.48. The molecule has 0 saturated heterocycles. The Bertz CT molecular complexity index is 867. The van der Waals surface area contributed by atoms with E-state index in [0.29, 0.717) is 24.3 Å². The Hall–Kier alpha value is -3.06. The van der Waals surface area contributed by atoms with Crippen molar-refractivity contribution >= 4 is 11.9 Å². The molecule has 2 N–H and O–H groups in total. The number of hydrogen-bond donors (Lipinski definition) is 2. The lowest BCUT2D eigenvalue weighted by molar-refractivity contribution is -0.146. The van der Waals surface area contributed by atoms with Crippen LogP contribution in [0.5, 0.6) is 11.5 Å². The lowest BCUT2D eigenvalue weighted by Crippen LogP contribution is -2.31. The molecule has 1 amide bonds. The fraction of sp³-hybridized carbons (Fsp3) is 0.333. The van der Waals surface area contributed by atoms with E-state index < -0.39 is 23.2 Å². The molecule has 148 valence electrons. The van der Waals surface area contributed by atoms with Crippen molar-refractivity contribution in [2.45, 2.75) is 18.3 Å². The van der Waals surface area contributed by atoms with Gasteiger partial charge in [-0.25, -0.2) is 5.48 Å². The molecule has 0 aromatic heterocycles. The van der Waals surface area contributed by atoms with Crippen molar-refractivity contribution in [2.24, 2.45) is 5.92 Å². The number of benzene rings is 2. The van der Waals surface area contributed by atoms with Crippen molar-refractivity contribution in [2.75, 3.05) is 20.8 Å². The van der Waals surface area contributed by atoms with Crippen LogP contribution in [0.15, 0.2) is 48.5 Å². The number of rotatable bonds is 8. The van der Waals surface area contributed by atoms with E-state index >= 15 is 0 Å². The van der Waals surface area contributed by atoms with Crippen LogP contribution >= 0.6 is 0 Å². The minimum atomic E-state index is -1.09. The predicted octanol–water partition coefficient (Wildman–Crippen LogP) is 2.25. The van der Waals surface area contributed by atoms with Crippen LogP contribution in [0.3, 0.4) is 0 Å². The number of amides is 1. The third-order valence-electron chi connectivity index (χ3n) is 5.08. The predicted molar refractivity (Wildman–Crippen MR) is 100 cm³/mol. The Morgan fingerprint density at radius 2 is 1.89 bits per heavy atom. The van der Waals surface area contributed by atoms with Gasteiger partial charge in [0.25, 0.3) is 0 Å². The van der Waals surface area contributed by atoms with E-state index in [1.54, 1.807) is 36.9 Å². The summed E-state index contributed by atoms with van der Waals surface area (Å²) < 4.78 is 16.0. The van der Waals surface area contributed by atoms with Gasteiger partial charge in [0, 0.05) is 6.42 Å². The minimum absolute atomic E-state index is 0.277. The first-order valence-corrected chi connectivity index (χ1v) is 8.93. The lowest BCUT2D eigenvalue weighted by atomic mass is 9.92. The topological polar surface area (TPSA) is 94.1 Å². The monoisotopic (exact) mass is 385 g/mol. The van der Waals surface area contributed by atoms with Gasteiger partial charge in [-0.15, -0.1) is 0 Å². The maximum atomic E-state index is 12.4. The summed E-state index contributed by atoms with van der Waals surface area (Å²) in [4.78, 5) is 24.2. The molecule has 7 heteroatoms. The van der Waals surface area contributed by atoms with Gasteiger partial charge in [-0.3, -0.25) is 14.8 Å². The second-order valence-corrected chi connectivity index (χ2v) is 6.67. The van der Waals surface area contributed by atoms with Crippen molar-refractivity contribution in [1.29, 1.82) is 0 Å². The third-order valence-corrected chi connectivity index (χ3v) is 5.08. The molecular formula is C21H23NO6. The van der Waals surface area contributed by atoms with E-state index in [4.69, 9.17) is 19.4 Å². The van der Waals surface area contributed by atoms with Crippen LogP contribution < -0.4 is 15.0 Å². The van der Waals surface area contributed by atoms with E-state index in [9.17, 15) is 9.59 Å². The zero-order valence-electron chi connectivity index (χ0n) is 15.8. The molecule has 2 atom stereocenters. The zero-order valence-corrected chi connectivity index (χ0v) is 15.8. The van der Waals surface area contributed by atoms with Crippen molar-refractivity contribution in [3.05, 3.63) is 59.7 Å². The fourth-order valence-corrected chi connectivity index (χ4v) is 3.48. The van der Waals surface area contributed by atoms with Gasteiger partial charge in [0.05, 0.1) is 26.7 Å². The number of esters is 1. The van der Waals surface area contributed by atoms with Gasteiger partial charge in [-0.05, 0) is 41.8 Å². The number of nitrogens with one attached hydrogen (secondary N) is 1. The van der Waals surface area contributed by atoms with Crippen LogP contribution in [0.4, 0.5) is 0 Å². The molecule has 2 aromatic rings. The molecule has 1 fully saturated rings. The molecule has 3 rings (SSSR count). The number of carbonyl (C=O) groups is 2. The summed E-state index contributed by atoms with van der Waals surface area (Å²) in [6.07, 6.45) is 0.971. The number of methoxy groups -OCH3 is 2. The van der Waals surface area contributed by atoms with Crippen LogP contribution in [-0.2, 0) is 26.2 Å². The third kappa shape index (κ3) is 3.80. The van der Waals surface area contributed by atoms with E-state index in [2.05, 4.69) is 0 Å². The van der Waals surface area contributed by atoms with E-state index in [-0.39, 0.29) is 6.42 Å². The molecule has 28 heavy (non-hydrogen) atoms. The van der Waals surface area contributed by atoms with Crippen molar-refractivity contribution in [3.63, 3.8) is 0 Å². The van der Waals surface area contributed by atoms with Crippen LogP contribution in [-0.4, -0.2) is 37.9 Å². The average Bonchev–Trinajstić information content (AvgIpc) is 3.50. The highest BCUT2D eigenvalue weighted by molar-refractivity contribution is 5.97. The molecule has 7 nitrogen and oxygen atoms in total. The number of carbonyl (C=O) groups excluding carboxylic acids is 2. The Kier molecular flexibility index (Phi) is 5.84. The molecule has 1 aliphatic carbocycles. The van der Waals surface area contributed by atoms with Crippen molar-refractivity contribution < 1.29 is 29.0 Å². The first-order valence-electron chi connectivity index (χ1n) is 8.93. The summed E-state index contributed by atoms with van der Waals surface area (Å²) >= 11 is 0. The Morgan fingerprint density at radius 3 is 2.61 bits per heavy atom. The second kappa shape index (κ2) is 8.31. The summed E-state index contributed by atoms with van der Waals surface area (Å²) in [5.74, 6) is -0.387. The number of hydrogen-bond acceptors (Lipinski definition) is 6. The maximum absolute atomic E-state index is 12.4. The summed E-state index contributed by atoms with van der Waals surface area (Å²) in [7, 11) is 2.91. The first kappa shape index (κ1) is 19.7. The van der Waals surface area contributed by atoms with Gasteiger partial charge in [-0.1, -0.05) is 24.3 Å². The highest BCUT2D eigenvalue weighted by Crippen LogP contribution is 2.55. The second-order valence-electron chi connectivity index (χ2n) is 6.67. The molecule has 0 aliphatic heterocycles. The van der Waals surface area contributed by atoms with E-state index in [1.807, 2.05) is 24.3 Å². The molecule has 0 heterocycles. The standard InChI is InChI=1S/C21H23NO6/c1-26-16-7-3-5-14(11-16)9-10-28-17-8-4-6-15(12-17)21(20(24)27-2)13-18(21)19(23)22-25/h3-8,11-12,18,25H,9-10,13H2,1-2H3,(H,22,23)/t18-,21-/m1/s1. The molecule has 0 bridgehead atoms. The van der Waals surface area contributed by atoms with Gasteiger partial charge in [0.2, 0.25) is 5.91 Å². The van der Waals surface area contributed by atoms with Crippen LogP contribution in [0.25, 0.3) is 0 Å². The Morgan fingerprint density at radius 1 is 1.14 bits per heavy atom. The van der Waals surface area contributed by atoms with Crippen molar-refractivity contribution in [1.82, 2.24) is 5.48 Å². The highest BCUT2D eigenvalue weighted by atomic mass is 16.5. The average molecular weight is 385 g/mol. The zero-order chi connectivity index (χ0) is 20.1. The molecule has 0 radical (unpaired) electrons. The van der Waals surface area contributed by atoms with Gasteiger partial charge < -0.3 is 14.2 Å². The van der Waals surface area contributed by atoms with Gasteiger partial charge in [0.1, 0.15) is 16.9 Å². The van der Waals surface area contributed by atoms with Gasteiger partial charge >= 0.3 is 5.97 Å². The van der Waals surface area contributed by atoms with Gasteiger partial charge in [0.15, 0.2) is 0 Å². The Labute approximate surface area is 163 Å². The molecule has 1 aliphatic rings. The smallest absolute Gasteiger partial charge is 0.317 e. The number of ether oxygens (including phenoxy) is 3. The molecule has 0 unspecified atom stereocenters. The lowest BCUT2D eigenvalue weighted by Gasteiger charge is -2.16. The molecule has 0 spiro atoms. The summed E-state index contributed by atoms with van der Waals surface area (Å²) in [6.45, 7) is 0.447. The molecule has 2 aromatic carbocycles. The molecular weight excluding hydrogens is 362 g/mol. The Balaban J connectivity index is 1.71. The highest BCUT2D eigenvalue weighted by Gasteiger charge is 2.65. The first-order chi connectivity index (χ1) is 13.5. The SMILES string of the molecule is COC(=O)[C@@]1(c2cccc(OCCc3cccc(OC)c3)c2)C[C@@H]1C(=O)NO. The van der Waals surface area contributed by atoms with E-state index in [1.165, 1.54) is 7.11 Å². The van der Waals surface area contributed by atoms with Gasteiger partial charge in [-0.2, -0.15) is 0 Å². The molecule has 1 saturated carbocycles. The van der Waals surface area contributed by atoms with E-state index in [0.717, 1.165) is 11.3 Å². The largest absolute Gasteiger partial charge is 0.497 e. The normalized spacial score (nSPS) is 20.2.